The zero-order valence-electron chi connectivity index (χ0n) is 18.6. The summed E-state index contributed by atoms with van der Waals surface area (Å²) in [5.74, 6) is -0.958. The van der Waals surface area contributed by atoms with E-state index in [2.05, 4.69) is 15.5 Å². The summed E-state index contributed by atoms with van der Waals surface area (Å²) in [5.41, 5.74) is 2.97. The van der Waals surface area contributed by atoms with Gasteiger partial charge in [0.2, 0.25) is 15.0 Å². The lowest BCUT2D eigenvalue weighted by Crippen LogP contribution is -2.39. The number of hydrogen-bond acceptors (Lipinski definition) is 6. The first kappa shape index (κ1) is 23.5. The minimum Gasteiger partial charge on any atom is -0.320 e. The number of hydrogen-bond donors (Lipinski definition) is 1. The second-order valence-electron chi connectivity index (χ2n) is 8.34. The van der Waals surface area contributed by atoms with Gasteiger partial charge in [-0.1, -0.05) is 29.0 Å². The Kier molecular flexibility index (Phi) is 6.60. The van der Waals surface area contributed by atoms with Crippen LogP contribution >= 0.6 is 11.3 Å². The smallest absolute Gasteiger partial charge is 0.286 e. The molecule has 0 radical (unpaired) electrons. The van der Waals surface area contributed by atoms with Crippen LogP contribution in [0, 0.1) is 26.6 Å². The lowest BCUT2D eigenvalue weighted by molar-refractivity contribution is 0.102. The number of sulfonamides is 1. The van der Waals surface area contributed by atoms with Crippen molar-refractivity contribution >= 4 is 33.0 Å². The molecular formula is C23H25FN4O3S2. The van der Waals surface area contributed by atoms with Gasteiger partial charge in [-0.05, 0) is 69.0 Å². The first-order valence-electron chi connectivity index (χ1n) is 10.6. The Bertz CT molecular complexity index is 1270. The van der Waals surface area contributed by atoms with Gasteiger partial charge in [0.05, 0.1) is 4.90 Å². The van der Waals surface area contributed by atoms with Crippen molar-refractivity contribution in [2.75, 3.05) is 18.4 Å². The van der Waals surface area contributed by atoms with Gasteiger partial charge in [0.15, 0.2) is 0 Å². The fourth-order valence-electron chi connectivity index (χ4n) is 4.27. The number of rotatable bonds is 5. The van der Waals surface area contributed by atoms with Gasteiger partial charge >= 0.3 is 0 Å². The topological polar surface area (TPSA) is 92.3 Å². The van der Waals surface area contributed by atoms with Gasteiger partial charge in [-0.3, -0.25) is 4.79 Å². The molecule has 0 bridgehead atoms. The first-order chi connectivity index (χ1) is 15.6. The van der Waals surface area contributed by atoms with Crippen LogP contribution < -0.4 is 5.32 Å². The van der Waals surface area contributed by atoms with E-state index in [-0.39, 0.29) is 16.7 Å². The Hall–Kier alpha value is -2.69. The van der Waals surface area contributed by atoms with Crippen LogP contribution in [0.1, 0.15) is 50.3 Å². The van der Waals surface area contributed by atoms with Crippen LogP contribution in [0.5, 0.6) is 0 Å². The quantitative estimate of drug-likeness (QED) is 0.574. The molecule has 10 heteroatoms. The maximum Gasteiger partial charge on any atom is 0.286 e. The SMILES string of the molecule is Cc1cc(C)c(S(=O)(=O)N2CCC[C@@H](c3nnc(C(=O)Nc4ccc(F)cc4)s3)C2)c(C)c1. The summed E-state index contributed by atoms with van der Waals surface area (Å²) in [5, 5.41) is 11.7. The molecule has 0 spiro atoms. The molecule has 1 atom stereocenters. The molecule has 1 aliphatic rings. The van der Waals surface area contributed by atoms with E-state index >= 15 is 0 Å². The van der Waals surface area contributed by atoms with Crippen molar-refractivity contribution in [3.8, 4) is 0 Å². The molecule has 174 valence electrons. The van der Waals surface area contributed by atoms with Crippen molar-refractivity contribution in [3.05, 3.63) is 68.9 Å². The van der Waals surface area contributed by atoms with Gasteiger partial charge in [0.25, 0.3) is 5.91 Å². The number of anilines is 1. The van der Waals surface area contributed by atoms with Crippen LogP contribution in [-0.4, -0.2) is 41.9 Å². The van der Waals surface area contributed by atoms with E-state index in [1.807, 2.05) is 32.9 Å². The highest BCUT2D eigenvalue weighted by atomic mass is 32.2. The average Bonchev–Trinajstić information content (AvgIpc) is 3.25. The molecule has 33 heavy (non-hydrogen) atoms. The lowest BCUT2D eigenvalue weighted by atomic mass is 10.0. The number of piperidine rings is 1. The number of benzene rings is 2. The minimum absolute atomic E-state index is 0.135. The Morgan fingerprint density at radius 1 is 1.12 bits per heavy atom. The summed E-state index contributed by atoms with van der Waals surface area (Å²) in [6.45, 7) is 6.34. The van der Waals surface area contributed by atoms with Crippen molar-refractivity contribution < 1.29 is 17.6 Å². The van der Waals surface area contributed by atoms with Gasteiger partial charge in [0, 0.05) is 24.7 Å². The van der Waals surface area contributed by atoms with E-state index in [1.165, 1.54) is 28.6 Å². The van der Waals surface area contributed by atoms with Gasteiger partial charge in [0.1, 0.15) is 10.8 Å². The lowest BCUT2D eigenvalue weighted by Gasteiger charge is -2.31. The standard InChI is InChI=1S/C23H25FN4O3S2/c1-14-11-15(2)20(16(3)12-14)33(30,31)28-10-4-5-17(13-28)22-26-27-23(32-22)21(29)25-19-8-6-18(24)7-9-19/h6-9,11-12,17H,4-5,10,13H2,1-3H3,(H,25,29)/t17-/m1/s1. The number of halogens is 1. The van der Waals surface area contributed by atoms with Crippen LogP contribution in [0.25, 0.3) is 0 Å². The largest absolute Gasteiger partial charge is 0.320 e. The summed E-state index contributed by atoms with van der Waals surface area (Å²) >= 11 is 1.16. The molecule has 2 aromatic carbocycles. The van der Waals surface area contributed by atoms with Gasteiger partial charge in [-0.15, -0.1) is 10.2 Å². The maximum absolute atomic E-state index is 13.5. The summed E-state index contributed by atoms with van der Waals surface area (Å²) in [4.78, 5) is 12.9. The van der Waals surface area contributed by atoms with Crippen LogP contribution in [0.15, 0.2) is 41.3 Å². The molecule has 1 amide bonds. The molecule has 1 saturated heterocycles. The Labute approximate surface area is 196 Å². The zero-order valence-corrected chi connectivity index (χ0v) is 20.3. The van der Waals surface area contributed by atoms with Gasteiger partial charge in [-0.25, -0.2) is 12.8 Å². The van der Waals surface area contributed by atoms with Crippen molar-refractivity contribution in [2.24, 2.45) is 0 Å². The number of carbonyl (C=O) groups is 1. The number of carbonyl (C=O) groups excluding carboxylic acids is 1. The second-order valence-corrected chi connectivity index (χ2v) is 11.2. The molecule has 1 N–H and O–H groups in total. The molecule has 1 aromatic heterocycles. The molecule has 4 rings (SSSR count). The van der Waals surface area contributed by atoms with Crippen molar-refractivity contribution in [2.45, 2.75) is 44.4 Å². The van der Waals surface area contributed by atoms with Gasteiger partial charge < -0.3 is 5.32 Å². The molecule has 0 aliphatic carbocycles. The minimum atomic E-state index is -3.65. The third-order valence-electron chi connectivity index (χ3n) is 5.67. The molecule has 7 nitrogen and oxygen atoms in total. The fraction of sp³-hybridized carbons (Fsp3) is 0.348. The van der Waals surface area contributed by atoms with Crippen molar-refractivity contribution in [3.63, 3.8) is 0 Å². The molecule has 1 fully saturated rings. The molecule has 3 aromatic rings. The van der Waals surface area contributed by atoms with E-state index in [0.29, 0.717) is 35.1 Å². The monoisotopic (exact) mass is 488 g/mol. The van der Waals surface area contributed by atoms with Crippen molar-refractivity contribution in [1.82, 2.24) is 14.5 Å². The van der Waals surface area contributed by atoms with E-state index in [9.17, 15) is 17.6 Å². The van der Waals surface area contributed by atoms with E-state index in [4.69, 9.17) is 0 Å². The summed E-state index contributed by atoms with van der Waals surface area (Å²) < 4.78 is 41.5. The summed E-state index contributed by atoms with van der Waals surface area (Å²) in [6, 6.07) is 9.23. The number of nitrogens with zero attached hydrogens (tertiary/aromatic N) is 3. The molecular weight excluding hydrogens is 463 g/mol. The van der Waals surface area contributed by atoms with Crippen LogP contribution in [0.3, 0.4) is 0 Å². The number of nitrogens with one attached hydrogen (secondary N) is 1. The number of amides is 1. The van der Waals surface area contributed by atoms with Gasteiger partial charge in [-0.2, -0.15) is 4.31 Å². The third kappa shape index (κ3) is 4.97. The van der Waals surface area contributed by atoms with E-state index in [1.54, 1.807) is 0 Å². The Morgan fingerprint density at radius 2 is 1.79 bits per heavy atom. The highest BCUT2D eigenvalue weighted by molar-refractivity contribution is 7.89. The fourth-order valence-corrected chi connectivity index (χ4v) is 7.07. The van der Waals surface area contributed by atoms with Crippen molar-refractivity contribution in [1.29, 1.82) is 0 Å². The average molecular weight is 489 g/mol. The summed E-state index contributed by atoms with van der Waals surface area (Å²) in [6.07, 6.45) is 1.47. The van der Waals surface area contributed by atoms with E-state index in [0.717, 1.165) is 34.4 Å². The normalized spacial score (nSPS) is 17.2. The maximum atomic E-state index is 13.5. The highest BCUT2D eigenvalue weighted by Crippen LogP contribution is 2.34. The first-order valence-corrected chi connectivity index (χ1v) is 12.9. The van der Waals surface area contributed by atoms with E-state index < -0.39 is 15.9 Å². The second kappa shape index (κ2) is 9.28. The summed E-state index contributed by atoms with van der Waals surface area (Å²) in [7, 11) is -3.65. The highest BCUT2D eigenvalue weighted by Gasteiger charge is 2.34. The zero-order chi connectivity index (χ0) is 23.8. The Morgan fingerprint density at radius 3 is 2.45 bits per heavy atom. The number of aromatic nitrogens is 2. The molecule has 0 saturated carbocycles. The Balaban J connectivity index is 1.51. The molecule has 1 aliphatic heterocycles. The van der Waals surface area contributed by atoms with Crippen LogP contribution in [-0.2, 0) is 10.0 Å². The van der Waals surface area contributed by atoms with Crippen LogP contribution in [0.2, 0.25) is 0 Å². The predicted molar refractivity (Wildman–Crippen MR) is 126 cm³/mol. The number of aryl methyl sites for hydroxylation is 3. The third-order valence-corrected chi connectivity index (χ3v) is 8.93. The molecule has 0 unspecified atom stereocenters. The van der Waals surface area contributed by atoms with Crippen LogP contribution in [0.4, 0.5) is 10.1 Å². The predicted octanol–water partition coefficient (Wildman–Crippen LogP) is 4.42. The molecule has 2 heterocycles.